The Labute approximate surface area is 136 Å². The second-order valence-corrected chi connectivity index (χ2v) is 7.08. The zero-order chi connectivity index (χ0) is 14.2. The van der Waals surface area contributed by atoms with Crippen molar-refractivity contribution in [3.8, 4) is 0 Å². The Bertz CT molecular complexity index is 373. The molecule has 1 unspecified atom stereocenters. The van der Waals surface area contributed by atoms with Crippen molar-refractivity contribution in [1.29, 1.82) is 0 Å². The zero-order valence-corrected chi connectivity index (χ0v) is 14.6. The van der Waals surface area contributed by atoms with E-state index in [0.717, 1.165) is 31.5 Å². The van der Waals surface area contributed by atoms with E-state index >= 15 is 0 Å². The van der Waals surface area contributed by atoms with Gasteiger partial charge in [0.2, 0.25) is 0 Å². The molecule has 0 saturated heterocycles. The van der Waals surface area contributed by atoms with Gasteiger partial charge in [0, 0.05) is 17.2 Å². The molecule has 1 aliphatic rings. The van der Waals surface area contributed by atoms with E-state index in [2.05, 4.69) is 52.2 Å². The van der Waals surface area contributed by atoms with Crippen LogP contribution in [-0.2, 0) is 11.2 Å². The van der Waals surface area contributed by atoms with E-state index in [1.165, 1.54) is 41.2 Å². The Kier molecular flexibility index (Phi) is 7.31. The number of halogens is 1. The van der Waals surface area contributed by atoms with Crippen LogP contribution in [0.5, 0.6) is 0 Å². The van der Waals surface area contributed by atoms with Crippen LogP contribution < -0.4 is 5.32 Å². The first-order valence-electron chi connectivity index (χ1n) is 7.73. The topological polar surface area (TPSA) is 21.3 Å². The Morgan fingerprint density at radius 2 is 1.95 bits per heavy atom. The molecule has 2 rings (SSSR count). The molecule has 0 aromatic heterocycles. The van der Waals surface area contributed by atoms with E-state index in [9.17, 15) is 0 Å². The lowest BCUT2D eigenvalue weighted by Gasteiger charge is -2.24. The molecule has 0 radical (unpaired) electrons. The van der Waals surface area contributed by atoms with Crippen molar-refractivity contribution in [1.82, 2.24) is 5.32 Å². The molecule has 1 aliphatic carbocycles. The van der Waals surface area contributed by atoms with Crippen LogP contribution in [0.1, 0.15) is 31.2 Å². The molecule has 2 nitrogen and oxygen atoms in total. The van der Waals surface area contributed by atoms with Gasteiger partial charge in [-0.1, -0.05) is 37.8 Å². The highest BCUT2D eigenvalue weighted by atomic mass is 127. The molecule has 1 N–H and O–H groups in total. The Balaban J connectivity index is 1.89. The molecule has 0 spiro atoms. The highest BCUT2D eigenvalue weighted by Gasteiger charge is 2.24. The lowest BCUT2D eigenvalue weighted by molar-refractivity contribution is 0.195. The number of hydrogen-bond acceptors (Lipinski definition) is 2. The highest BCUT2D eigenvalue weighted by molar-refractivity contribution is 14.1. The van der Waals surface area contributed by atoms with E-state index < -0.39 is 0 Å². The molecule has 1 atom stereocenters. The van der Waals surface area contributed by atoms with Crippen molar-refractivity contribution in [2.75, 3.05) is 26.8 Å². The number of benzene rings is 1. The van der Waals surface area contributed by atoms with Gasteiger partial charge in [-0.05, 0) is 65.1 Å². The van der Waals surface area contributed by atoms with Gasteiger partial charge >= 0.3 is 0 Å². The fraction of sp³-hybridized carbons (Fsp3) is 0.647. The van der Waals surface area contributed by atoms with Crippen molar-refractivity contribution in [3.63, 3.8) is 0 Å². The van der Waals surface area contributed by atoms with Crippen molar-refractivity contribution in [2.45, 2.75) is 32.1 Å². The maximum atomic E-state index is 5.12. The van der Waals surface area contributed by atoms with Gasteiger partial charge in [0.05, 0.1) is 6.61 Å². The van der Waals surface area contributed by atoms with Crippen LogP contribution in [0.3, 0.4) is 0 Å². The average Bonchev–Trinajstić information content (AvgIpc) is 2.98. The van der Waals surface area contributed by atoms with Gasteiger partial charge < -0.3 is 10.1 Å². The minimum atomic E-state index is 0.773. The third-order valence-electron chi connectivity index (χ3n) is 4.37. The normalized spacial score (nSPS) is 17.5. The molecule has 0 heterocycles. The highest BCUT2D eigenvalue weighted by Crippen LogP contribution is 2.33. The van der Waals surface area contributed by atoms with Gasteiger partial charge in [0.25, 0.3) is 0 Å². The van der Waals surface area contributed by atoms with Crippen LogP contribution in [0.4, 0.5) is 0 Å². The van der Waals surface area contributed by atoms with Crippen molar-refractivity contribution < 1.29 is 4.74 Å². The predicted molar refractivity (Wildman–Crippen MR) is 93.1 cm³/mol. The smallest absolute Gasteiger partial charge is 0.0587 e. The fourth-order valence-corrected chi connectivity index (χ4v) is 3.58. The summed E-state index contributed by atoms with van der Waals surface area (Å²) in [5, 5.41) is 3.57. The molecule has 20 heavy (non-hydrogen) atoms. The molecule has 0 aliphatic heterocycles. The van der Waals surface area contributed by atoms with Crippen LogP contribution in [0.15, 0.2) is 24.3 Å². The summed E-state index contributed by atoms with van der Waals surface area (Å²) in [5.41, 5.74) is 1.48. The molecule has 0 amide bonds. The average molecular weight is 387 g/mol. The Morgan fingerprint density at radius 3 is 2.60 bits per heavy atom. The van der Waals surface area contributed by atoms with Gasteiger partial charge in [-0.15, -0.1) is 0 Å². The summed E-state index contributed by atoms with van der Waals surface area (Å²) in [4.78, 5) is 0. The van der Waals surface area contributed by atoms with E-state index in [1.807, 2.05) is 0 Å². The van der Waals surface area contributed by atoms with Gasteiger partial charge in [-0.3, -0.25) is 0 Å². The molecule has 1 saturated carbocycles. The summed E-state index contributed by atoms with van der Waals surface area (Å²) in [5.74, 6) is 1.68. The van der Waals surface area contributed by atoms with Crippen LogP contribution in [0, 0.1) is 15.4 Å². The third kappa shape index (κ3) is 5.34. The molecule has 1 aromatic carbocycles. The summed E-state index contributed by atoms with van der Waals surface area (Å²) in [6.07, 6.45) is 6.89. The largest absolute Gasteiger partial charge is 0.383 e. The Morgan fingerprint density at radius 1 is 1.25 bits per heavy atom. The quantitative estimate of drug-likeness (QED) is 0.540. The predicted octanol–water partition coefficient (Wildman–Crippen LogP) is 3.88. The van der Waals surface area contributed by atoms with Crippen molar-refractivity contribution in [3.05, 3.63) is 33.4 Å². The number of ether oxygens (including phenoxy) is 1. The van der Waals surface area contributed by atoms with E-state index in [4.69, 9.17) is 4.74 Å². The number of nitrogens with one attached hydrogen (secondary N) is 1. The minimum absolute atomic E-state index is 0.773. The van der Waals surface area contributed by atoms with Crippen molar-refractivity contribution >= 4 is 22.6 Å². The first-order valence-corrected chi connectivity index (χ1v) is 8.81. The number of hydrogen-bond donors (Lipinski definition) is 1. The monoisotopic (exact) mass is 387 g/mol. The van der Waals surface area contributed by atoms with Crippen molar-refractivity contribution in [2.24, 2.45) is 11.8 Å². The first-order chi connectivity index (χ1) is 9.79. The van der Waals surface area contributed by atoms with Crippen LogP contribution in [-0.4, -0.2) is 26.8 Å². The van der Waals surface area contributed by atoms with Crippen LogP contribution in [0.25, 0.3) is 0 Å². The standard InChI is InChI=1S/C17H26INO/c1-20-11-10-19-13-16(15-4-2-3-5-15)12-14-6-8-17(18)9-7-14/h6-9,15-16,19H,2-5,10-13H2,1H3. The summed E-state index contributed by atoms with van der Waals surface area (Å²) in [6, 6.07) is 9.03. The molecular weight excluding hydrogens is 361 g/mol. The van der Waals surface area contributed by atoms with E-state index in [-0.39, 0.29) is 0 Å². The van der Waals surface area contributed by atoms with Crippen LogP contribution >= 0.6 is 22.6 Å². The third-order valence-corrected chi connectivity index (χ3v) is 5.09. The van der Waals surface area contributed by atoms with Gasteiger partial charge in [-0.25, -0.2) is 0 Å². The summed E-state index contributed by atoms with van der Waals surface area (Å²) in [6.45, 7) is 2.90. The molecule has 3 heteroatoms. The second-order valence-electron chi connectivity index (χ2n) is 5.83. The number of methoxy groups -OCH3 is 1. The van der Waals surface area contributed by atoms with Gasteiger partial charge in [-0.2, -0.15) is 0 Å². The zero-order valence-electron chi connectivity index (χ0n) is 12.4. The fourth-order valence-electron chi connectivity index (χ4n) is 3.22. The molecule has 1 aromatic rings. The number of rotatable bonds is 8. The molecule has 0 bridgehead atoms. The summed E-state index contributed by atoms with van der Waals surface area (Å²) in [7, 11) is 1.77. The lowest BCUT2D eigenvalue weighted by Crippen LogP contribution is -2.31. The first kappa shape index (κ1) is 16.2. The molecule has 1 fully saturated rings. The molecule has 112 valence electrons. The summed E-state index contributed by atoms with van der Waals surface area (Å²) < 4.78 is 6.44. The Hall–Kier alpha value is -0.130. The van der Waals surface area contributed by atoms with Crippen LogP contribution in [0.2, 0.25) is 0 Å². The summed E-state index contributed by atoms with van der Waals surface area (Å²) >= 11 is 2.37. The van der Waals surface area contributed by atoms with Gasteiger partial charge in [0.15, 0.2) is 0 Å². The SMILES string of the molecule is COCCNCC(Cc1ccc(I)cc1)C1CCCC1. The second kappa shape index (κ2) is 9.00. The maximum Gasteiger partial charge on any atom is 0.0587 e. The lowest BCUT2D eigenvalue weighted by atomic mass is 9.85. The van der Waals surface area contributed by atoms with Gasteiger partial charge in [0.1, 0.15) is 0 Å². The maximum absolute atomic E-state index is 5.12. The van der Waals surface area contributed by atoms with E-state index in [0.29, 0.717) is 0 Å². The minimum Gasteiger partial charge on any atom is -0.383 e. The molecular formula is C17H26INO. The van der Waals surface area contributed by atoms with E-state index in [1.54, 1.807) is 7.11 Å².